The van der Waals surface area contributed by atoms with E-state index in [9.17, 15) is 18.0 Å². The minimum absolute atomic E-state index is 0.257. The van der Waals surface area contributed by atoms with Crippen molar-refractivity contribution in [3.05, 3.63) is 35.3 Å². The molecular formula is C15H18F3N5O. The molecule has 130 valence electrons. The number of anilines is 2. The average Bonchev–Trinajstić information content (AvgIpc) is 2.82. The summed E-state index contributed by atoms with van der Waals surface area (Å²) in [5, 5.41) is 6.10. The standard InChI is InChI=1S/C15H18F3N5O/c1-9-5-6-11(14(19-9)22(3)4)20-13(24)8-23-10(2)7-12(21-23)15(16,17)18/h5-7H,8H2,1-4H3,(H,20,24). The third kappa shape index (κ3) is 4.03. The predicted molar refractivity (Wildman–Crippen MR) is 83.9 cm³/mol. The molecule has 9 heteroatoms. The second-order valence-electron chi connectivity index (χ2n) is 5.59. The van der Waals surface area contributed by atoms with Gasteiger partial charge < -0.3 is 10.2 Å². The van der Waals surface area contributed by atoms with Gasteiger partial charge in [0.15, 0.2) is 11.5 Å². The number of carbonyl (C=O) groups excluding carboxylic acids is 1. The molecule has 2 aromatic rings. The van der Waals surface area contributed by atoms with Gasteiger partial charge in [-0.3, -0.25) is 9.48 Å². The van der Waals surface area contributed by atoms with Gasteiger partial charge in [0.05, 0.1) is 5.69 Å². The van der Waals surface area contributed by atoms with Crippen molar-refractivity contribution in [3.63, 3.8) is 0 Å². The lowest BCUT2D eigenvalue weighted by Gasteiger charge is -2.17. The third-order valence-corrected chi connectivity index (χ3v) is 3.28. The molecule has 0 aliphatic carbocycles. The smallest absolute Gasteiger partial charge is 0.361 e. The fraction of sp³-hybridized carbons (Fsp3) is 0.400. The Hall–Kier alpha value is -2.58. The summed E-state index contributed by atoms with van der Waals surface area (Å²) in [5.41, 5.74) is 0.511. The van der Waals surface area contributed by atoms with Crippen molar-refractivity contribution in [2.24, 2.45) is 0 Å². The summed E-state index contributed by atoms with van der Waals surface area (Å²) in [7, 11) is 3.56. The molecule has 0 atom stereocenters. The number of alkyl halides is 3. The van der Waals surface area contributed by atoms with Crippen molar-refractivity contribution in [2.75, 3.05) is 24.3 Å². The molecule has 0 saturated heterocycles. The zero-order chi connectivity index (χ0) is 18.1. The molecule has 1 amide bonds. The normalized spacial score (nSPS) is 11.5. The van der Waals surface area contributed by atoms with Gasteiger partial charge in [-0.25, -0.2) is 4.98 Å². The number of rotatable bonds is 4. The van der Waals surface area contributed by atoms with Gasteiger partial charge in [0.1, 0.15) is 6.54 Å². The summed E-state index contributed by atoms with van der Waals surface area (Å²) in [5.74, 6) is 0.0835. The Balaban J connectivity index is 2.16. The Morgan fingerprint density at radius 2 is 1.96 bits per heavy atom. The van der Waals surface area contributed by atoms with Crippen molar-refractivity contribution in [2.45, 2.75) is 26.6 Å². The highest BCUT2D eigenvalue weighted by Gasteiger charge is 2.34. The van der Waals surface area contributed by atoms with Crippen LogP contribution in [0.4, 0.5) is 24.7 Å². The molecule has 6 nitrogen and oxygen atoms in total. The van der Waals surface area contributed by atoms with Crippen LogP contribution in [-0.2, 0) is 17.5 Å². The van der Waals surface area contributed by atoms with Crippen LogP contribution < -0.4 is 10.2 Å². The van der Waals surface area contributed by atoms with E-state index in [2.05, 4.69) is 15.4 Å². The van der Waals surface area contributed by atoms with E-state index in [0.717, 1.165) is 16.4 Å². The van der Waals surface area contributed by atoms with E-state index in [1.165, 1.54) is 6.92 Å². The van der Waals surface area contributed by atoms with E-state index in [4.69, 9.17) is 0 Å². The lowest BCUT2D eigenvalue weighted by Crippen LogP contribution is -2.23. The summed E-state index contributed by atoms with van der Waals surface area (Å²) < 4.78 is 39.0. The van der Waals surface area contributed by atoms with Gasteiger partial charge in [-0.15, -0.1) is 0 Å². The van der Waals surface area contributed by atoms with Gasteiger partial charge in [0, 0.05) is 25.5 Å². The molecule has 0 fully saturated rings. The van der Waals surface area contributed by atoms with Crippen molar-refractivity contribution < 1.29 is 18.0 Å². The Morgan fingerprint density at radius 1 is 1.29 bits per heavy atom. The summed E-state index contributed by atoms with van der Waals surface area (Å²) in [6.45, 7) is 2.97. The van der Waals surface area contributed by atoms with E-state index >= 15 is 0 Å². The van der Waals surface area contributed by atoms with Crippen molar-refractivity contribution in [1.29, 1.82) is 0 Å². The minimum atomic E-state index is -4.54. The van der Waals surface area contributed by atoms with Gasteiger partial charge in [0.2, 0.25) is 5.91 Å². The second-order valence-corrected chi connectivity index (χ2v) is 5.59. The maximum atomic E-state index is 12.7. The lowest BCUT2D eigenvalue weighted by atomic mass is 10.3. The van der Waals surface area contributed by atoms with Crippen LogP contribution >= 0.6 is 0 Å². The van der Waals surface area contributed by atoms with Crippen LogP contribution in [0.15, 0.2) is 18.2 Å². The fourth-order valence-corrected chi connectivity index (χ4v) is 2.12. The monoisotopic (exact) mass is 341 g/mol. The maximum absolute atomic E-state index is 12.7. The second kappa shape index (κ2) is 6.50. The average molecular weight is 341 g/mol. The first-order chi connectivity index (χ1) is 11.1. The zero-order valence-corrected chi connectivity index (χ0v) is 13.8. The molecule has 0 aromatic carbocycles. The van der Waals surface area contributed by atoms with Crippen molar-refractivity contribution in [3.8, 4) is 0 Å². The predicted octanol–water partition coefficient (Wildman–Crippen LogP) is 2.62. The van der Waals surface area contributed by atoms with Crippen LogP contribution in [0.1, 0.15) is 17.1 Å². The highest BCUT2D eigenvalue weighted by atomic mass is 19.4. The van der Waals surface area contributed by atoms with Crippen LogP contribution in [0, 0.1) is 13.8 Å². The molecule has 0 unspecified atom stereocenters. The molecule has 0 spiro atoms. The maximum Gasteiger partial charge on any atom is 0.435 e. The van der Waals surface area contributed by atoms with Crippen LogP contribution in [-0.4, -0.2) is 34.8 Å². The van der Waals surface area contributed by atoms with Crippen molar-refractivity contribution in [1.82, 2.24) is 14.8 Å². The summed E-state index contributed by atoms with van der Waals surface area (Å²) in [6.07, 6.45) is -4.54. The first-order valence-electron chi connectivity index (χ1n) is 7.14. The summed E-state index contributed by atoms with van der Waals surface area (Å²) in [6, 6.07) is 4.35. The topological polar surface area (TPSA) is 63.1 Å². The number of hydrogen-bond donors (Lipinski definition) is 1. The SMILES string of the molecule is Cc1ccc(NC(=O)Cn2nc(C(F)(F)F)cc2C)c(N(C)C)n1. The molecule has 0 bridgehead atoms. The van der Waals surface area contributed by atoms with E-state index in [0.29, 0.717) is 11.5 Å². The number of pyridine rings is 1. The molecule has 2 heterocycles. The molecule has 0 saturated carbocycles. The van der Waals surface area contributed by atoms with E-state index in [1.807, 2.05) is 6.92 Å². The summed E-state index contributed by atoms with van der Waals surface area (Å²) >= 11 is 0. The fourth-order valence-electron chi connectivity index (χ4n) is 2.12. The van der Waals surface area contributed by atoms with Crippen LogP contribution in [0.5, 0.6) is 0 Å². The number of carbonyl (C=O) groups is 1. The van der Waals surface area contributed by atoms with Crippen LogP contribution in [0.2, 0.25) is 0 Å². The molecular weight excluding hydrogens is 323 g/mol. The van der Waals surface area contributed by atoms with E-state index < -0.39 is 17.8 Å². The molecule has 0 aliphatic rings. The summed E-state index contributed by atoms with van der Waals surface area (Å²) in [4.78, 5) is 18.2. The third-order valence-electron chi connectivity index (χ3n) is 3.28. The van der Waals surface area contributed by atoms with Crippen LogP contribution in [0.25, 0.3) is 0 Å². The largest absolute Gasteiger partial charge is 0.435 e. The highest BCUT2D eigenvalue weighted by molar-refractivity contribution is 5.93. The Bertz CT molecular complexity index is 752. The molecule has 2 rings (SSSR count). The number of nitrogens with zero attached hydrogens (tertiary/aromatic N) is 4. The number of aryl methyl sites for hydroxylation is 2. The highest BCUT2D eigenvalue weighted by Crippen LogP contribution is 2.28. The Labute approximate surface area is 137 Å². The number of nitrogens with one attached hydrogen (secondary N) is 1. The lowest BCUT2D eigenvalue weighted by molar-refractivity contribution is -0.141. The first kappa shape index (κ1) is 17.8. The number of hydrogen-bond acceptors (Lipinski definition) is 4. The Morgan fingerprint density at radius 3 is 2.50 bits per heavy atom. The quantitative estimate of drug-likeness (QED) is 0.929. The molecule has 1 N–H and O–H groups in total. The Kier molecular flexibility index (Phi) is 4.81. The minimum Gasteiger partial charge on any atom is -0.361 e. The zero-order valence-electron chi connectivity index (χ0n) is 13.8. The van der Waals surface area contributed by atoms with E-state index in [-0.39, 0.29) is 12.2 Å². The molecule has 0 aliphatic heterocycles. The molecule has 24 heavy (non-hydrogen) atoms. The number of halogens is 3. The number of amides is 1. The van der Waals surface area contributed by atoms with E-state index in [1.54, 1.807) is 31.1 Å². The first-order valence-corrected chi connectivity index (χ1v) is 7.14. The van der Waals surface area contributed by atoms with Gasteiger partial charge in [0.25, 0.3) is 0 Å². The van der Waals surface area contributed by atoms with Gasteiger partial charge in [-0.2, -0.15) is 18.3 Å². The van der Waals surface area contributed by atoms with Gasteiger partial charge in [-0.1, -0.05) is 0 Å². The van der Waals surface area contributed by atoms with Gasteiger partial charge in [-0.05, 0) is 32.0 Å². The molecule has 0 radical (unpaired) electrons. The van der Waals surface area contributed by atoms with Gasteiger partial charge >= 0.3 is 6.18 Å². The number of aromatic nitrogens is 3. The van der Waals surface area contributed by atoms with Crippen molar-refractivity contribution >= 4 is 17.4 Å². The van der Waals surface area contributed by atoms with Crippen LogP contribution in [0.3, 0.4) is 0 Å². The molecule has 2 aromatic heterocycles.